The van der Waals surface area contributed by atoms with Gasteiger partial charge in [0.05, 0.1) is 11.0 Å². The molecule has 0 aliphatic heterocycles. The number of fused-ring (bicyclic) bond motifs is 4. The normalized spacial score (nSPS) is 11.5. The lowest BCUT2D eigenvalue weighted by molar-refractivity contribution is 1.18. The lowest BCUT2D eigenvalue weighted by Crippen LogP contribution is -1.92. The van der Waals surface area contributed by atoms with E-state index in [2.05, 4.69) is 130 Å². The molecule has 0 saturated carbocycles. The van der Waals surface area contributed by atoms with E-state index in [1.807, 2.05) is 0 Å². The Morgan fingerprint density at radius 3 is 2.07 bits per heavy atom. The van der Waals surface area contributed by atoms with Crippen LogP contribution in [0.25, 0.3) is 49.4 Å². The number of nitrogens with zero attached hydrogens (tertiary/aromatic N) is 1. The van der Waals surface area contributed by atoms with Gasteiger partial charge in [-0.2, -0.15) is 0 Å². The summed E-state index contributed by atoms with van der Waals surface area (Å²) in [6.45, 7) is 0. The molecule has 0 bridgehead atoms. The summed E-state index contributed by atoms with van der Waals surface area (Å²) in [5.41, 5.74) is 6.13. The zero-order chi connectivity index (χ0) is 20.1. The quantitative estimate of drug-likeness (QED) is 0.251. The van der Waals surface area contributed by atoms with E-state index in [1.165, 1.54) is 49.4 Å². The van der Waals surface area contributed by atoms with Crippen LogP contribution in [0, 0.1) is 0 Å². The third-order valence-corrected chi connectivity index (χ3v) is 6.32. The molecular formula is C28H18BrN. The zero-order valence-electron chi connectivity index (χ0n) is 16.2. The summed E-state index contributed by atoms with van der Waals surface area (Å²) in [4.78, 5) is 0. The molecule has 1 aromatic heterocycles. The maximum atomic E-state index is 3.57. The van der Waals surface area contributed by atoms with Gasteiger partial charge < -0.3 is 4.57 Å². The van der Waals surface area contributed by atoms with E-state index in [0.29, 0.717) is 0 Å². The Morgan fingerprint density at radius 1 is 0.500 bits per heavy atom. The highest BCUT2D eigenvalue weighted by Crippen LogP contribution is 2.35. The number of rotatable bonds is 2. The molecule has 0 saturated heterocycles. The molecule has 0 spiro atoms. The second-order valence-corrected chi connectivity index (χ2v) is 8.54. The fourth-order valence-electron chi connectivity index (χ4n) is 4.40. The highest BCUT2D eigenvalue weighted by molar-refractivity contribution is 9.10. The molecule has 0 unspecified atom stereocenters. The molecule has 0 atom stereocenters. The van der Waals surface area contributed by atoms with Crippen molar-refractivity contribution in [1.82, 2.24) is 4.57 Å². The van der Waals surface area contributed by atoms with Crippen molar-refractivity contribution < 1.29 is 0 Å². The van der Waals surface area contributed by atoms with Gasteiger partial charge in [0.2, 0.25) is 0 Å². The summed E-state index contributed by atoms with van der Waals surface area (Å²) >= 11 is 3.57. The maximum Gasteiger partial charge on any atom is 0.0541 e. The van der Waals surface area contributed by atoms with Crippen LogP contribution in [0.1, 0.15) is 0 Å². The predicted molar refractivity (Wildman–Crippen MR) is 131 cm³/mol. The van der Waals surface area contributed by atoms with Gasteiger partial charge in [0.25, 0.3) is 0 Å². The summed E-state index contributed by atoms with van der Waals surface area (Å²) in [6, 6.07) is 39.2. The van der Waals surface area contributed by atoms with Gasteiger partial charge in [-0.1, -0.05) is 76.6 Å². The van der Waals surface area contributed by atoms with Crippen molar-refractivity contribution in [3.05, 3.63) is 114 Å². The van der Waals surface area contributed by atoms with Crippen molar-refractivity contribution in [1.29, 1.82) is 0 Å². The summed E-state index contributed by atoms with van der Waals surface area (Å²) in [5, 5.41) is 5.06. The molecule has 5 aromatic carbocycles. The second-order valence-electron chi connectivity index (χ2n) is 7.63. The number of benzene rings is 5. The third kappa shape index (κ3) is 2.76. The molecule has 6 rings (SSSR count). The lowest BCUT2D eigenvalue weighted by atomic mass is 9.99. The van der Waals surface area contributed by atoms with Crippen LogP contribution in [-0.2, 0) is 0 Å². The number of hydrogen-bond acceptors (Lipinski definition) is 0. The van der Waals surface area contributed by atoms with Crippen LogP contribution in [0.4, 0.5) is 0 Å². The van der Waals surface area contributed by atoms with E-state index in [1.54, 1.807) is 0 Å². The second kappa shape index (κ2) is 6.86. The summed E-state index contributed by atoms with van der Waals surface area (Å²) < 4.78 is 3.46. The van der Waals surface area contributed by atoms with Crippen LogP contribution in [0.5, 0.6) is 0 Å². The first kappa shape index (κ1) is 17.5. The minimum absolute atomic E-state index is 1.11. The van der Waals surface area contributed by atoms with Gasteiger partial charge in [-0.15, -0.1) is 0 Å². The monoisotopic (exact) mass is 447 g/mol. The average Bonchev–Trinajstić information content (AvgIpc) is 3.13. The molecule has 0 fully saturated rings. The Morgan fingerprint density at radius 2 is 1.17 bits per heavy atom. The van der Waals surface area contributed by atoms with E-state index in [9.17, 15) is 0 Å². The summed E-state index contributed by atoms with van der Waals surface area (Å²) in [5.74, 6) is 0. The van der Waals surface area contributed by atoms with Crippen LogP contribution < -0.4 is 0 Å². The molecule has 0 N–H and O–H groups in total. The van der Waals surface area contributed by atoms with Gasteiger partial charge in [0.15, 0.2) is 0 Å². The minimum Gasteiger partial charge on any atom is -0.309 e. The standard InChI is InChI=1S/C28H18BrN/c29-23-14-12-20-16-19(10-11-21(20)17-23)22-13-15-28-26(18-22)25-8-4-5-9-27(25)30(28)24-6-2-1-3-7-24/h1-18H. The van der Waals surface area contributed by atoms with E-state index in [0.717, 1.165) is 4.47 Å². The zero-order valence-corrected chi connectivity index (χ0v) is 17.8. The molecule has 6 aromatic rings. The Bertz CT molecular complexity index is 1540. The Hall–Kier alpha value is -3.36. The topological polar surface area (TPSA) is 4.93 Å². The number of halogens is 1. The van der Waals surface area contributed by atoms with Crippen molar-refractivity contribution in [2.24, 2.45) is 0 Å². The van der Waals surface area contributed by atoms with Crippen LogP contribution in [0.15, 0.2) is 114 Å². The van der Waals surface area contributed by atoms with Gasteiger partial charge in [-0.25, -0.2) is 0 Å². The van der Waals surface area contributed by atoms with Crippen molar-refractivity contribution in [3.8, 4) is 16.8 Å². The molecule has 1 nitrogen and oxygen atoms in total. The summed E-state index contributed by atoms with van der Waals surface area (Å²) in [7, 11) is 0. The number of para-hydroxylation sites is 2. The van der Waals surface area contributed by atoms with E-state index < -0.39 is 0 Å². The predicted octanol–water partition coefficient (Wildman–Crippen LogP) is 8.37. The Labute approximate surface area is 183 Å². The Balaban J connectivity index is 1.60. The van der Waals surface area contributed by atoms with Crippen LogP contribution in [-0.4, -0.2) is 4.57 Å². The highest BCUT2D eigenvalue weighted by Gasteiger charge is 2.13. The summed E-state index contributed by atoms with van der Waals surface area (Å²) in [6.07, 6.45) is 0. The van der Waals surface area contributed by atoms with Gasteiger partial charge in [-0.05, 0) is 70.4 Å². The SMILES string of the molecule is Brc1ccc2cc(-c3ccc4c(c3)c3ccccc3n4-c3ccccc3)ccc2c1. The van der Waals surface area contributed by atoms with Gasteiger partial charge >= 0.3 is 0 Å². The molecule has 142 valence electrons. The van der Waals surface area contributed by atoms with Gasteiger partial charge in [-0.3, -0.25) is 0 Å². The van der Waals surface area contributed by atoms with Crippen LogP contribution >= 0.6 is 15.9 Å². The molecule has 30 heavy (non-hydrogen) atoms. The first-order valence-electron chi connectivity index (χ1n) is 10.1. The molecule has 2 heteroatoms. The third-order valence-electron chi connectivity index (χ3n) is 5.82. The first-order valence-corrected chi connectivity index (χ1v) is 10.9. The smallest absolute Gasteiger partial charge is 0.0541 e. The van der Waals surface area contributed by atoms with E-state index >= 15 is 0 Å². The van der Waals surface area contributed by atoms with E-state index in [-0.39, 0.29) is 0 Å². The molecule has 0 aliphatic rings. The van der Waals surface area contributed by atoms with E-state index in [4.69, 9.17) is 0 Å². The number of aromatic nitrogens is 1. The van der Waals surface area contributed by atoms with Gasteiger partial charge in [0, 0.05) is 20.9 Å². The first-order chi connectivity index (χ1) is 14.8. The molecule has 0 radical (unpaired) electrons. The van der Waals surface area contributed by atoms with Crippen molar-refractivity contribution >= 4 is 48.5 Å². The van der Waals surface area contributed by atoms with Crippen molar-refractivity contribution in [2.75, 3.05) is 0 Å². The average molecular weight is 448 g/mol. The van der Waals surface area contributed by atoms with Crippen LogP contribution in [0.2, 0.25) is 0 Å². The molecular weight excluding hydrogens is 430 g/mol. The maximum absolute atomic E-state index is 3.57. The fraction of sp³-hybridized carbons (Fsp3) is 0. The van der Waals surface area contributed by atoms with Crippen molar-refractivity contribution in [3.63, 3.8) is 0 Å². The lowest BCUT2D eigenvalue weighted by Gasteiger charge is -2.08. The highest BCUT2D eigenvalue weighted by atomic mass is 79.9. The minimum atomic E-state index is 1.11. The van der Waals surface area contributed by atoms with Crippen molar-refractivity contribution in [2.45, 2.75) is 0 Å². The van der Waals surface area contributed by atoms with Gasteiger partial charge in [0.1, 0.15) is 0 Å². The largest absolute Gasteiger partial charge is 0.309 e. The van der Waals surface area contributed by atoms with Crippen LogP contribution in [0.3, 0.4) is 0 Å². The number of hydrogen-bond donors (Lipinski definition) is 0. The molecule has 0 amide bonds. The molecule has 0 aliphatic carbocycles. The fourth-order valence-corrected chi connectivity index (χ4v) is 4.78. The Kier molecular flexibility index (Phi) is 4.00. The molecule has 1 heterocycles.